The number of nitro benzene ring substituents is 1. The van der Waals surface area contributed by atoms with Crippen molar-refractivity contribution in [2.24, 2.45) is 5.73 Å². The first-order valence-electron chi connectivity index (χ1n) is 12.7. The van der Waals surface area contributed by atoms with E-state index in [2.05, 4.69) is 21.3 Å². The molecule has 8 N–H and O–H groups in total. The van der Waals surface area contributed by atoms with Crippen molar-refractivity contribution in [1.82, 2.24) is 21.3 Å². The molecule has 1 aromatic carbocycles. The average Bonchev–Trinajstić information content (AvgIpc) is 2.91. The molecule has 42 heavy (non-hydrogen) atoms. The van der Waals surface area contributed by atoms with E-state index in [9.17, 15) is 38.9 Å². The lowest BCUT2D eigenvalue weighted by Gasteiger charge is -2.26. The number of nitrogens with zero attached hydrogens (tertiary/aromatic N) is 1. The largest absolute Gasteiger partial charge is 0.493 e. The number of carboxylic acid groups (broad SMARTS) is 2. The maximum Gasteiger partial charge on any atom is 0.322 e. The molecule has 0 spiro atoms. The highest BCUT2D eigenvalue weighted by atomic mass is 35.5. The minimum atomic E-state index is -1.46. The summed E-state index contributed by atoms with van der Waals surface area (Å²) < 4.78 is 5.61. The van der Waals surface area contributed by atoms with Crippen LogP contribution in [0.3, 0.4) is 0 Å². The van der Waals surface area contributed by atoms with Crippen LogP contribution in [-0.4, -0.2) is 88.5 Å². The number of ether oxygens (including phenoxy) is 1. The number of hydrogen-bond acceptors (Lipinski definition) is 10. The number of non-ortho nitro benzene ring substituents is 1. The number of carbonyl (C=O) groups is 6. The Morgan fingerprint density at radius 3 is 2.31 bits per heavy atom. The average molecular weight is 617 g/mol. The van der Waals surface area contributed by atoms with E-state index >= 15 is 0 Å². The van der Waals surface area contributed by atoms with E-state index in [-0.39, 0.29) is 49.6 Å². The van der Waals surface area contributed by atoms with E-state index < -0.39 is 77.3 Å². The van der Waals surface area contributed by atoms with Gasteiger partial charge < -0.3 is 42.0 Å². The maximum absolute atomic E-state index is 13.2. The number of benzene rings is 1. The lowest BCUT2D eigenvalue weighted by atomic mass is 10.0. The number of nitrogens with two attached hydrogens (primary N) is 1. The lowest BCUT2D eigenvalue weighted by molar-refractivity contribution is -0.384. The number of rotatable bonds is 11. The standard InChI is InChI=1S/C24H32N6O11.ClH/c25-9-2-1-3-15-23(37)29-17(22(36)26-12-20(33)34)8-10-41-18-6-4-13(30(39)40)11-14(18)21(35)27-16(24(38)28-15)5-7-19(31)32;/h4,6,11,15-17H,1-3,5,7-10,12,25H2,(H,26,36)(H,27,35)(H,28,38)(H,29,37)(H,31,32)(H,33,34);1H. The first-order valence-corrected chi connectivity index (χ1v) is 12.7. The number of nitrogens with one attached hydrogen (secondary N) is 4. The molecule has 0 saturated carbocycles. The van der Waals surface area contributed by atoms with Gasteiger partial charge in [-0.2, -0.15) is 0 Å². The Kier molecular flexibility index (Phi) is 14.7. The molecule has 0 radical (unpaired) electrons. The Bertz CT molecular complexity index is 1180. The third-order valence-corrected chi connectivity index (χ3v) is 5.98. The number of unbranched alkanes of at least 4 members (excludes halogenated alkanes) is 1. The van der Waals surface area contributed by atoms with Gasteiger partial charge in [0.1, 0.15) is 30.4 Å². The van der Waals surface area contributed by atoms with Gasteiger partial charge in [0, 0.05) is 25.0 Å². The van der Waals surface area contributed by atoms with Crippen molar-refractivity contribution >= 4 is 53.7 Å². The van der Waals surface area contributed by atoms with Gasteiger partial charge in [0.2, 0.25) is 17.7 Å². The van der Waals surface area contributed by atoms with Crippen LogP contribution < -0.4 is 31.7 Å². The number of carbonyl (C=O) groups excluding carboxylic acids is 4. The van der Waals surface area contributed by atoms with Crippen LogP contribution in [0.15, 0.2) is 18.2 Å². The number of fused-ring (bicyclic) bond motifs is 1. The number of halogens is 1. The molecule has 18 heteroatoms. The Morgan fingerprint density at radius 1 is 1.02 bits per heavy atom. The molecule has 1 aliphatic rings. The SMILES string of the molecule is Cl.NCCCCC1NC(=O)C(CCC(=O)O)NC(=O)c2cc([N+](=O)[O-])ccc2OCCC(C(=O)NCC(=O)O)NC1=O. The normalized spacial score (nSPS) is 19.3. The monoisotopic (exact) mass is 616 g/mol. The second-order valence-electron chi connectivity index (χ2n) is 9.05. The molecule has 1 aromatic rings. The molecule has 2 rings (SSSR count). The highest BCUT2D eigenvalue weighted by molar-refractivity contribution is 6.01. The summed E-state index contributed by atoms with van der Waals surface area (Å²) in [6, 6.07) is -0.905. The van der Waals surface area contributed by atoms with Gasteiger partial charge >= 0.3 is 11.9 Å². The minimum absolute atomic E-state index is 0. The van der Waals surface area contributed by atoms with Crippen molar-refractivity contribution in [2.75, 3.05) is 19.7 Å². The number of hydrogen-bond donors (Lipinski definition) is 7. The zero-order valence-corrected chi connectivity index (χ0v) is 23.1. The summed E-state index contributed by atoms with van der Waals surface area (Å²) in [6.45, 7) is -0.737. The van der Waals surface area contributed by atoms with Crippen LogP contribution >= 0.6 is 12.4 Å². The van der Waals surface area contributed by atoms with Crippen molar-refractivity contribution in [3.8, 4) is 5.75 Å². The second-order valence-corrected chi connectivity index (χ2v) is 9.05. The van der Waals surface area contributed by atoms with Crippen molar-refractivity contribution in [2.45, 2.75) is 56.7 Å². The summed E-state index contributed by atoms with van der Waals surface area (Å²) in [5.74, 6) is -6.29. The smallest absolute Gasteiger partial charge is 0.322 e. The predicted octanol–water partition coefficient (Wildman–Crippen LogP) is -0.938. The Hall–Kier alpha value is -4.51. The molecular formula is C24H33ClN6O11. The van der Waals surface area contributed by atoms with Crippen LogP contribution in [0.4, 0.5) is 5.69 Å². The van der Waals surface area contributed by atoms with Gasteiger partial charge in [0.05, 0.1) is 17.1 Å². The van der Waals surface area contributed by atoms with Gasteiger partial charge in [0.25, 0.3) is 11.6 Å². The summed E-state index contributed by atoms with van der Waals surface area (Å²) in [4.78, 5) is 84.9. The summed E-state index contributed by atoms with van der Waals surface area (Å²) >= 11 is 0. The van der Waals surface area contributed by atoms with E-state index in [1.165, 1.54) is 0 Å². The molecule has 0 aliphatic carbocycles. The first kappa shape index (κ1) is 35.5. The zero-order valence-electron chi connectivity index (χ0n) is 22.3. The first-order chi connectivity index (χ1) is 19.4. The van der Waals surface area contributed by atoms with Crippen LogP contribution in [0, 0.1) is 10.1 Å². The van der Waals surface area contributed by atoms with Gasteiger partial charge in [-0.25, -0.2) is 0 Å². The van der Waals surface area contributed by atoms with Crippen LogP contribution in [-0.2, 0) is 24.0 Å². The molecule has 0 saturated heterocycles. The van der Waals surface area contributed by atoms with Gasteiger partial charge in [-0.1, -0.05) is 0 Å². The van der Waals surface area contributed by atoms with Crippen molar-refractivity contribution in [3.05, 3.63) is 33.9 Å². The summed E-state index contributed by atoms with van der Waals surface area (Å²) in [7, 11) is 0. The van der Waals surface area contributed by atoms with E-state index in [0.29, 0.717) is 19.4 Å². The van der Waals surface area contributed by atoms with Crippen molar-refractivity contribution in [3.63, 3.8) is 0 Å². The molecule has 0 fully saturated rings. The third-order valence-electron chi connectivity index (χ3n) is 5.98. The number of amides is 4. The summed E-state index contributed by atoms with van der Waals surface area (Å²) in [5.41, 5.74) is 4.72. The topological polar surface area (TPSA) is 269 Å². The molecule has 4 amide bonds. The minimum Gasteiger partial charge on any atom is -0.493 e. The molecule has 3 unspecified atom stereocenters. The summed E-state index contributed by atoms with van der Waals surface area (Å²) in [6.07, 6.45) is -0.174. The number of nitro groups is 1. The van der Waals surface area contributed by atoms with Crippen LogP contribution in [0.2, 0.25) is 0 Å². The van der Waals surface area contributed by atoms with Crippen molar-refractivity contribution in [1.29, 1.82) is 0 Å². The Labute approximate surface area is 245 Å². The maximum atomic E-state index is 13.2. The fourth-order valence-corrected chi connectivity index (χ4v) is 3.86. The van der Waals surface area contributed by atoms with Gasteiger partial charge in [0.15, 0.2) is 0 Å². The molecular weight excluding hydrogens is 584 g/mol. The quantitative estimate of drug-likeness (QED) is 0.0901. The van der Waals surface area contributed by atoms with Crippen LogP contribution in [0.1, 0.15) is 48.9 Å². The predicted molar refractivity (Wildman–Crippen MR) is 146 cm³/mol. The Balaban J connectivity index is 0.00000882. The summed E-state index contributed by atoms with van der Waals surface area (Å²) in [5, 5.41) is 38.8. The van der Waals surface area contributed by atoms with Gasteiger partial charge in [-0.3, -0.25) is 38.9 Å². The van der Waals surface area contributed by atoms with Crippen LogP contribution in [0.5, 0.6) is 5.75 Å². The van der Waals surface area contributed by atoms with E-state index in [1.807, 2.05) is 0 Å². The van der Waals surface area contributed by atoms with Gasteiger partial charge in [-0.05, 0) is 38.3 Å². The molecule has 1 aliphatic heterocycles. The van der Waals surface area contributed by atoms with E-state index in [0.717, 1.165) is 18.2 Å². The van der Waals surface area contributed by atoms with Crippen LogP contribution in [0.25, 0.3) is 0 Å². The molecule has 17 nitrogen and oxygen atoms in total. The van der Waals surface area contributed by atoms with Crippen molar-refractivity contribution < 1.29 is 48.6 Å². The number of aliphatic carboxylic acids is 2. The molecule has 232 valence electrons. The Morgan fingerprint density at radius 2 is 1.69 bits per heavy atom. The highest BCUT2D eigenvalue weighted by Gasteiger charge is 2.31. The molecule has 0 bridgehead atoms. The van der Waals surface area contributed by atoms with E-state index in [1.54, 1.807) is 0 Å². The second kappa shape index (κ2) is 17.3. The molecule has 0 aromatic heterocycles. The molecule has 3 atom stereocenters. The fraction of sp³-hybridized carbons (Fsp3) is 0.500. The zero-order chi connectivity index (χ0) is 30.5. The number of carboxylic acids is 2. The lowest BCUT2D eigenvalue weighted by Crippen LogP contribution is -2.57. The molecule has 1 heterocycles. The fourth-order valence-electron chi connectivity index (χ4n) is 3.86. The van der Waals surface area contributed by atoms with Gasteiger partial charge in [-0.15, -0.1) is 12.4 Å². The third kappa shape index (κ3) is 11.2. The highest BCUT2D eigenvalue weighted by Crippen LogP contribution is 2.25. The van der Waals surface area contributed by atoms with E-state index in [4.69, 9.17) is 20.7 Å².